The van der Waals surface area contributed by atoms with Gasteiger partial charge >= 0.3 is 6.03 Å². The van der Waals surface area contributed by atoms with Gasteiger partial charge in [0, 0.05) is 4.47 Å². The quantitative estimate of drug-likeness (QED) is 0.368. The predicted octanol–water partition coefficient (Wildman–Crippen LogP) is 4.84. The smallest absolute Gasteiger partial charge is 0.335 e. The Hall–Kier alpha value is -3.98. The molecule has 1 aliphatic heterocycles. The Morgan fingerprint density at radius 2 is 1.76 bits per heavy atom. The molecule has 4 amide bonds. The number of hydrogen-bond donors (Lipinski definition) is 1. The number of halogens is 2. The summed E-state index contributed by atoms with van der Waals surface area (Å²) in [6, 6.07) is 16.6. The number of barbiturate groups is 1. The highest BCUT2D eigenvalue weighted by molar-refractivity contribution is 9.10. The molecule has 1 saturated heterocycles. The molecule has 0 atom stereocenters. The van der Waals surface area contributed by atoms with E-state index in [1.807, 2.05) is 0 Å². The maximum absolute atomic E-state index is 13.4. The molecule has 0 radical (unpaired) electrons. The van der Waals surface area contributed by atoms with Gasteiger partial charge in [0.05, 0.1) is 12.8 Å². The first-order valence-electron chi connectivity index (χ1n) is 10.1. The van der Waals surface area contributed by atoms with Crippen LogP contribution in [0.15, 0.2) is 76.8 Å². The standard InChI is InChI=1S/C25H18BrFN2O5/c1-33-22-13-15(5-10-21(22)34-14-16-3-2-4-18(27)11-16)12-20-23(30)28-25(32)29(24(20)31)19-8-6-17(26)7-9-19/h2-13H,14H2,1H3,(H,28,30,32)/b20-12+. The molecule has 3 aromatic rings. The second-order valence-electron chi connectivity index (χ2n) is 7.26. The van der Waals surface area contributed by atoms with Gasteiger partial charge < -0.3 is 9.47 Å². The number of nitrogens with zero attached hydrogens (tertiary/aromatic N) is 1. The molecular weight excluding hydrogens is 507 g/mol. The number of rotatable bonds is 6. The summed E-state index contributed by atoms with van der Waals surface area (Å²) in [5.41, 5.74) is 1.25. The van der Waals surface area contributed by atoms with Crippen molar-refractivity contribution in [2.24, 2.45) is 0 Å². The molecular formula is C25H18BrFN2O5. The van der Waals surface area contributed by atoms with Gasteiger partial charge in [0.25, 0.3) is 11.8 Å². The molecule has 0 spiro atoms. The third-order valence-corrected chi connectivity index (χ3v) is 5.50. The van der Waals surface area contributed by atoms with Crippen LogP contribution in [0.25, 0.3) is 6.08 Å². The number of urea groups is 1. The van der Waals surface area contributed by atoms with Crippen LogP contribution in [0, 0.1) is 5.82 Å². The zero-order chi connectivity index (χ0) is 24.2. The largest absolute Gasteiger partial charge is 0.493 e. The fourth-order valence-electron chi connectivity index (χ4n) is 3.33. The van der Waals surface area contributed by atoms with Crippen LogP contribution < -0.4 is 19.7 Å². The molecule has 0 aromatic heterocycles. The summed E-state index contributed by atoms with van der Waals surface area (Å²) in [5.74, 6) is -1.15. The summed E-state index contributed by atoms with van der Waals surface area (Å²) >= 11 is 3.30. The van der Waals surface area contributed by atoms with E-state index in [0.717, 1.165) is 9.37 Å². The van der Waals surface area contributed by atoms with Crippen LogP contribution in [0.3, 0.4) is 0 Å². The minimum Gasteiger partial charge on any atom is -0.493 e. The molecule has 1 N–H and O–H groups in total. The molecule has 172 valence electrons. The zero-order valence-corrected chi connectivity index (χ0v) is 19.5. The fraction of sp³-hybridized carbons (Fsp3) is 0.0800. The lowest BCUT2D eigenvalue weighted by atomic mass is 10.1. The third kappa shape index (κ3) is 4.99. The van der Waals surface area contributed by atoms with Crippen molar-refractivity contribution in [3.05, 3.63) is 93.7 Å². The Morgan fingerprint density at radius 3 is 2.47 bits per heavy atom. The van der Waals surface area contributed by atoms with Crippen LogP contribution in [-0.2, 0) is 16.2 Å². The van der Waals surface area contributed by atoms with E-state index in [1.165, 1.54) is 25.3 Å². The number of carbonyl (C=O) groups is 3. The maximum atomic E-state index is 13.4. The molecule has 0 unspecified atom stereocenters. The first-order chi connectivity index (χ1) is 16.4. The highest BCUT2D eigenvalue weighted by Gasteiger charge is 2.36. The summed E-state index contributed by atoms with van der Waals surface area (Å²) in [5, 5.41) is 2.19. The first kappa shape index (κ1) is 23.2. The van der Waals surface area contributed by atoms with Gasteiger partial charge in [0.15, 0.2) is 11.5 Å². The van der Waals surface area contributed by atoms with E-state index in [2.05, 4.69) is 21.2 Å². The normalized spacial score (nSPS) is 14.9. The van der Waals surface area contributed by atoms with Crippen molar-refractivity contribution in [3.8, 4) is 11.5 Å². The number of nitrogens with one attached hydrogen (secondary N) is 1. The van der Waals surface area contributed by atoms with E-state index in [0.29, 0.717) is 28.3 Å². The number of carbonyl (C=O) groups excluding carboxylic acids is 3. The highest BCUT2D eigenvalue weighted by atomic mass is 79.9. The van der Waals surface area contributed by atoms with Gasteiger partial charge in [0.2, 0.25) is 0 Å². The minimum absolute atomic E-state index is 0.125. The predicted molar refractivity (Wildman–Crippen MR) is 127 cm³/mol. The Bertz CT molecular complexity index is 1310. The molecule has 7 nitrogen and oxygen atoms in total. The van der Waals surface area contributed by atoms with Crippen LogP contribution in [0.1, 0.15) is 11.1 Å². The number of ether oxygens (including phenoxy) is 2. The monoisotopic (exact) mass is 524 g/mol. The van der Waals surface area contributed by atoms with E-state index in [1.54, 1.807) is 54.6 Å². The van der Waals surface area contributed by atoms with Crippen LogP contribution in [0.2, 0.25) is 0 Å². The minimum atomic E-state index is -0.826. The molecule has 0 saturated carbocycles. The van der Waals surface area contributed by atoms with Crippen molar-refractivity contribution in [1.29, 1.82) is 0 Å². The highest BCUT2D eigenvalue weighted by Crippen LogP contribution is 2.31. The van der Waals surface area contributed by atoms with Crippen molar-refractivity contribution in [2.45, 2.75) is 6.61 Å². The number of anilines is 1. The Morgan fingerprint density at radius 1 is 1.00 bits per heavy atom. The van der Waals surface area contributed by atoms with Gasteiger partial charge in [-0.25, -0.2) is 14.1 Å². The van der Waals surface area contributed by atoms with Gasteiger partial charge in [-0.05, 0) is 65.7 Å². The van der Waals surface area contributed by atoms with Gasteiger partial charge in [-0.15, -0.1) is 0 Å². The van der Waals surface area contributed by atoms with Gasteiger partial charge in [-0.3, -0.25) is 14.9 Å². The number of hydrogen-bond acceptors (Lipinski definition) is 5. The van der Waals surface area contributed by atoms with Crippen LogP contribution in [0.5, 0.6) is 11.5 Å². The van der Waals surface area contributed by atoms with Crippen molar-refractivity contribution >= 4 is 45.5 Å². The molecule has 34 heavy (non-hydrogen) atoms. The third-order valence-electron chi connectivity index (χ3n) is 4.97. The van der Waals surface area contributed by atoms with Crippen molar-refractivity contribution in [1.82, 2.24) is 5.32 Å². The topological polar surface area (TPSA) is 84.9 Å². The Balaban J connectivity index is 1.59. The van der Waals surface area contributed by atoms with Gasteiger partial charge in [-0.2, -0.15) is 0 Å². The molecule has 9 heteroatoms. The first-order valence-corrected chi connectivity index (χ1v) is 10.9. The second kappa shape index (κ2) is 9.88. The van der Waals surface area contributed by atoms with Crippen molar-refractivity contribution in [3.63, 3.8) is 0 Å². The molecule has 1 aliphatic rings. The maximum Gasteiger partial charge on any atom is 0.335 e. The lowest BCUT2D eigenvalue weighted by Crippen LogP contribution is -2.54. The molecule has 0 aliphatic carbocycles. The molecule has 1 heterocycles. The second-order valence-corrected chi connectivity index (χ2v) is 8.18. The summed E-state index contributed by atoms with van der Waals surface area (Å²) in [4.78, 5) is 38.7. The van der Waals surface area contributed by atoms with Crippen molar-refractivity contribution < 1.29 is 28.2 Å². The summed E-state index contributed by atoms with van der Waals surface area (Å²) in [6.45, 7) is 0.125. The average molecular weight is 525 g/mol. The lowest BCUT2D eigenvalue weighted by molar-refractivity contribution is -0.122. The fourth-order valence-corrected chi connectivity index (χ4v) is 3.59. The van der Waals surface area contributed by atoms with E-state index < -0.39 is 17.8 Å². The van der Waals surface area contributed by atoms with Crippen molar-refractivity contribution in [2.75, 3.05) is 12.0 Å². The molecule has 3 aromatic carbocycles. The van der Waals surface area contributed by atoms with Gasteiger partial charge in [0.1, 0.15) is 18.0 Å². The number of imide groups is 2. The zero-order valence-electron chi connectivity index (χ0n) is 17.9. The summed E-state index contributed by atoms with van der Waals surface area (Å²) in [7, 11) is 1.45. The van der Waals surface area contributed by atoms with E-state index >= 15 is 0 Å². The molecule has 0 bridgehead atoms. The number of amides is 4. The van der Waals surface area contributed by atoms with E-state index in [9.17, 15) is 18.8 Å². The van der Waals surface area contributed by atoms with Crippen LogP contribution >= 0.6 is 15.9 Å². The Labute approximate surface area is 202 Å². The van der Waals surface area contributed by atoms with Crippen LogP contribution in [0.4, 0.5) is 14.9 Å². The number of methoxy groups -OCH3 is 1. The summed E-state index contributed by atoms with van der Waals surface area (Å²) < 4.78 is 25.3. The SMILES string of the molecule is COc1cc(/C=C2\C(=O)NC(=O)N(c3ccc(Br)cc3)C2=O)ccc1OCc1cccc(F)c1. The average Bonchev–Trinajstić information content (AvgIpc) is 2.82. The molecule has 1 fully saturated rings. The summed E-state index contributed by atoms with van der Waals surface area (Å²) in [6.07, 6.45) is 1.37. The van der Waals surface area contributed by atoms with E-state index in [4.69, 9.17) is 9.47 Å². The lowest BCUT2D eigenvalue weighted by Gasteiger charge is -2.26. The van der Waals surface area contributed by atoms with E-state index in [-0.39, 0.29) is 18.0 Å². The van der Waals surface area contributed by atoms with Gasteiger partial charge in [-0.1, -0.05) is 34.1 Å². The van der Waals surface area contributed by atoms with Crippen LogP contribution in [-0.4, -0.2) is 25.0 Å². The Kier molecular flexibility index (Phi) is 6.74. The molecule has 4 rings (SSSR count). The number of benzene rings is 3.